The highest BCUT2D eigenvalue weighted by molar-refractivity contribution is 5.98. The van der Waals surface area contributed by atoms with E-state index in [2.05, 4.69) is 5.32 Å². The van der Waals surface area contributed by atoms with Crippen molar-refractivity contribution in [2.45, 2.75) is 26.0 Å². The third-order valence-electron chi connectivity index (χ3n) is 4.24. The summed E-state index contributed by atoms with van der Waals surface area (Å²) in [6.07, 6.45) is 0.472. The quantitative estimate of drug-likeness (QED) is 0.756. The zero-order valence-corrected chi connectivity index (χ0v) is 13.8. The maximum absolute atomic E-state index is 12.3. The molecule has 1 aromatic heterocycles. The summed E-state index contributed by atoms with van der Waals surface area (Å²) in [5.74, 6) is -1.36. The van der Waals surface area contributed by atoms with Crippen molar-refractivity contribution >= 4 is 23.8 Å². The molecule has 2 aliphatic rings. The molecule has 25 heavy (non-hydrogen) atoms. The van der Waals surface area contributed by atoms with E-state index in [1.54, 1.807) is 12.1 Å². The summed E-state index contributed by atoms with van der Waals surface area (Å²) >= 11 is 0. The van der Waals surface area contributed by atoms with Gasteiger partial charge in [0.05, 0.1) is 18.7 Å². The summed E-state index contributed by atoms with van der Waals surface area (Å²) in [6, 6.07) is 2.98. The van der Waals surface area contributed by atoms with Gasteiger partial charge in [0.1, 0.15) is 5.76 Å². The first kappa shape index (κ1) is 17.0. The Morgan fingerprint density at radius 2 is 2.24 bits per heavy atom. The summed E-state index contributed by atoms with van der Waals surface area (Å²) in [4.78, 5) is 50.5. The molecule has 134 valence electrons. The standard InChI is InChI=1S/C16H19N3O6/c1-10(14(21)19-5-4-17-16(19)23)25-15(22)11-7-13(20)18(8-11)9-12-3-2-6-24-12/h2-3,6,10-11H,4-5,7-9H2,1H3,(H,17,23)/t10-,11+/m1/s1. The average Bonchev–Trinajstić information content (AvgIpc) is 3.30. The van der Waals surface area contributed by atoms with Crippen LogP contribution in [0.3, 0.4) is 0 Å². The monoisotopic (exact) mass is 349 g/mol. The molecule has 1 N–H and O–H groups in total. The van der Waals surface area contributed by atoms with Crippen molar-refractivity contribution < 1.29 is 28.3 Å². The number of hydrogen-bond acceptors (Lipinski definition) is 6. The minimum Gasteiger partial charge on any atom is -0.467 e. The first-order valence-corrected chi connectivity index (χ1v) is 8.05. The van der Waals surface area contributed by atoms with E-state index in [4.69, 9.17) is 9.15 Å². The Kier molecular flexibility index (Phi) is 4.73. The Hall–Kier alpha value is -2.84. The van der Waals surface area contributed by atoms with E-state index in [0.29, 0.717) is 12.3 Å². The van der Waals surface area contributed by atoms with Gasteiger partial charge in [-0.25, -0.2) is 4.79 Å². The highest BCUT2D eigenvalue weighted by atomic mass is 16.5. The number of imide groups is 1. The van der Waals surface area contributed by atoms with Crippen molar-refractivity contribution in [2.75, 3.05) is 19.6 Å². The summed E-state index contributed by atoms with van der Waals surface area (Å²) in [5.41, 5.74) is 0. The van der Waals surface area contributed by atoms with E-state index in [1.165, 1.54) is 18.1 Å². The third kappa shape index (κ3) is 3.65. The SMILES string of the molecule is C[C@@H](OC(=O)[C@H]1CC(=O)N(Cc2ccco2)C1)C(=O)N1CCNC1=O. The summed E-state index contributed by atoms with van der Waals surface area (Å²) in [5, 5.41) is 2.51. The lowest BCUT2D eigenvalue weighted by Gasteiger charge is -2.20. The Morgan fingerprint density at radius 3 is 2.88 bits per heavy atom. The van der Waals surface area contributed by atoms with Crippen molar-refractivity contribution in [1.82, 2.24) is 15.1 Å². The number of nitrogens with zero attached hydrogens (tertiary/aromatic N) is 2. The van der Waals surface area contributed by atoms with Crippen molar-refractivity contribution in [3.63, 3.8) is 0 Å². The normalized spacial score (nSPS) is 21.4. The maximum Gasteiger partial charge on any atom is 0.324 e. The summed E-state index contributed by atoms with van der Waals surface area (Å²) in [7, 11) is 0. The van der Waals surface area contributed by atoms with Gasteiger partial charge in [-0.15, -0.1) is 0 Å². The lowest BCUT2D eigenvalue weighted by molar-refractivity contribution is -0.160. The van der Waals surface area contributed by atoms with Gasteiger partial charge >= 0.3 is 12.0 Å². The average molecular weight is 349 g/mol. The Balaban J connectivity index is 1.53. The Morgan fingerprint density at radius 1 is 1.44 bits per heavy atom. The molecule has 0 unspecified atom stereocenters. The number of likely N-dealkylation sites (tertiary alicyclic amines) is 1. The topological polar surface area (TPSA) is 109 Å². The van der Waals surface area contributed by atoms with Crippen LogP contribution in [0.5, 0.6) is 0 Å². The van der Waals surface area contributed by atoms with Crippen molar-refractivity contribution in [3.8, 4) is 0 Å². The maximum atomic E-state index is 12.3. The number of amides is 4. The lowest BCUT2D eigenvalue weighted by Crippen LogP contribution is -2.42. The van der Waals surface area contributed by atoms with Gasteiger partial charge in [-0.1, -0.05) is 0 Å². The van der Waals surface area contributed by atoms with E-state index in [0.717, 1.165) is 4.90 Å². The molecule has 0 saturated carbocycles. The van der Waals surface area contributed by atoms with Gasteiger partial charge in [-0.2, -0.15) is 0 Å². The molecule has 2 aliphatic heterocycles. The smallest absolute Gasteiger partial charge is 0.324 e. The van der Waals surface area contributed by atoms with Gasteiger partial charge in [0, 0.05) is 26.1 Å². The molecule has 0 spiro atoms. The van der Waals surface area contributed by atoms with E-state index in [9.17, 15) is 19.2 Å². The van der Waals surface area contributed by atoms with Crippen LogP contribution in [0.4, 0.5) is 4.79 Å². The fraction of sp³-hybridized carbons (Fsp3) is 0.500. The van der Waals surface area contributed by atoms with Crippen LogP contribution in [-0.4, -0.2) is 59.4 Å². The minimum absolute atomic E-state index is 0.0324. The summed E-state index contributed by atoms with van der Waals surface area (Å²) < 4.78 is 10.4. The second-order valence-corrected chi connectivity index (χ2v) is 6.06. The number of esters is 1. The molecule has 9 nitrogen and oxygen atoms in total. The second-order valence-electron chi connectivity index (χ2n) is 6.06. The predicted octanol–water partition coefficient (Wildman–Crippen LogP) is 0.112. The van der Waals surface area contributed by atoms with Crippen molar-refractivity contribution in [1.29, 1.82) is 0 Å². The number of carbonyl (C=O) groups is 4. The number of nitrogens with one attached hydrogen (secondary N) is 1. The van der Waals surface area contributed by atoms with E-state index >= 15 is 0 Å². The van der Waals surface area contributed by atoms with Crippen LogP contribution >= 0.6 is 0 Å². The zero-order chi connectivity index (χ0) is 18.0. The minimum atomic E-state index is -1.08. The van der Waals surface area contributed by atoms with Crippen molar-refractivity contribution in [3.05, 3.63) is 24.2 Å². The zero-order valence-electron chi connectivity index (χ0n) is 13.8. The fourth-order valence-corrected chi connectivity index (χ4v) is 2.90. The van der Waals surface area contributed by atoms with Crippen LogP contribution < -0.4 is 5.32 Å². The van der Waals surface area contributed by atoms with E-state index in [1.807, 2.05) is 0 Å². The highest BCUT2D eigenvalue weighted by Crippen LogP contribution is 2.22. The highest BCUT2D eigenvalue weighted by Gasteiger charge is 2.38. The van der Waals surface area contributed by atoms with Crippen LogP contribution in [-0.2, 0) is 25.7 Å². The van der Waals surface area contributed by atoms with Crippen LogP contribution in [0.2, 0.25) is 0 Å². The molecule has 0 radical (unpaired) electrons. The molecular formula is C16H19N3O6. The number of urea groups is 1. The molecular weight excluding hydrogens is 330 g/mol. The van der Waals surface area contributed by atoms with Gasteiger partial charge in [-0.3, -0.25) is 19.3 Å². The van der Waals surface area contributed by atoms with Gasteiger partial charge in [0.2, 0.25) is 5.91 Å². The first-order valence-electron chi connectivity index (χ1n) is 8.05. The number of carbonyl (C=O) groups excluding carboxylic acids is 4. The number of ether oxygens (including phenoxy) is 1. The number of rotatable bonds is 5. The fourth-order valence-electron chi connectivity index (χ4n) is 2.90. The van der Waals surface area contributed by atoms with Crippen LogP contribution in [0, 0.1) is 5.92 Å². The van der Waals surface area contributed by atoms with Gasteiger partial charge in [0.25, 0.3) is 5.91 Å². The van der Waals surface area contributed by atoms with Gasteiger partial charge < -0.3 is 19.4 Å². The van der Waals surface area contributed by atoms with Crippen molar-refractivity contribution in [2.24, 2.45) is 5.92 Å². The van der Waals surface area contributed by atoms with Crippen LogP contribution in [0.1, 0.15) is 19.1 Å². The van der Waals surface area contributed by atoms with E-state index in [-0.39, 0.29) is 32.0 Å². The molecule has 2 fully saturated rings. The summed E-state index contributed by atoms with van der Waals surface area (Å²) in [6.45, 7) is 2.55. The second kappa shape index (κ2) is 6.96. The molecule has 2 saturated heterocycles. The molecule has 1 aromatic rings. The van der Waals surface area contributed by atoms with E-state index < -0.39 is 29.9 Å². The Labute approximate surface area is 143 Å². The number of hydrogen-bond donors (Lipinski definition) is 1. The van der Waals surface area contributed by atoms with Gasteiger partial charge in [-0.05, 0) is 19.1 Å². The lowest BCUT2D eigenvalue weighted by atomic mass is 10.1. The molecule has 0 aliphatic carbocycles. The third-order valence-corrected chi connectivity index (χ3v) is 4.24. The van der Waals surface area contributed by atoms with Crippen LogP contribution in [0.25, 0.3) is 0 Å². The number of furan rings is 1. The molecule has 3 rings (SSSR count). The van der Waals surface area contributed by atoms with Crippen LogP contribution in [0.15, 0.2) is 22.8 Å². The molecule has 2 atom stereocenters. The molecule has 0 aromatic carbocycles. The molecule has 3 heterocycles. The molecule has 9 heteroatoms. The molecule has 4 amide bonds. The molecule has 0 bridgehead atoms. The largest absolute Gasteiger partial charge is 0.467 e. The Bertz CT molecular complexity index is 686. The van der Waals surface area contributed by atoms with Gasteiger partial charge in [0.15, 0.2) is 6.10 Å². The predicted molar refractivity (Wildman–Crippen MR) is 82.9 cm³/mol. The first-order chi connectivity index (χ1) is 12.0.